The van der Waals surface area contributed by atoms with Gasteiger partial charge in [-0.05, 0) is 71.7 Å². The zero-order valence-corrected chi connectivity index (χ0v) is 17.9. The molecule has 0 radical (unpaired) electrons. The van der Waals surface area contributed by atoms with Crippen LogP contribution in [-0.4, -0.2) is 46.9 Å². The quantitative estimate of drug-likeness (QED) is 0.745. The van der Waals surface area contributed by atoms with Crippen LogP contribution in [0.4, 0.5) is 10.5 Å². The number of alkyl carbamates (subject to hydrolysis) is 1. The van der Waals surface area contributed by atoms with Crippen molar-refractivity contribution in [3.8, 4) is 5.75 Å². The van der Waals surface area contributed by atoms with Crippen molar-refractivity contribution in [2.45, 2.75) is 71.6 Å². The third kappa shape index (κ3) is 6.66. The maximum absolute atomic E-state index is 12.9. The maximum atomic E-state index is 12.9. The molecule has 1 aromatic rings. The molecule has 1 unspecified atom stereocenters. The molecule has 1 heterocycles. The second-order valence-electron chi connectivity index (χ2n) is 9.04. The molecule has 29 heavy (non-hydrogen) atoms. The number of esters is 1. The van der Waals surface area contributed by atoms with Crippen molar-refractivity contribution < 1.29 is 29.0 Å². The van der Waals surface area contributed by atoms with Gasteiger partial charge in [-0.2, -0.15) is 0 Å². The summed E-state index contributed by atoms with van der Waals surface area (Å²) in [6.07, 6.45) is -0.464. The summed E-state index contributed by atoms with van der Waals surface area (Å²) in [6.45, 7) is 10.7. The van der Waals surface area contributed by atoms with E-state index in [2.05, 4.69) is 5.32 Å². The Morgan fingerprint density at radius 1 is 1.10 bits per heavy atom. The molecule has 0 spiro atoms. The largest absolute Gasteiger partial charge is 0.508 e. The molecule has 1 atom stereocenters. The standard InChI is InChI=1S/C21H30N2O6/c1-20(2,3)28-18(26)15(22-19(27)29-21(4,5)6)12-17(25)23-10-9-13-11-14(24)7-8-16(13)23/h7-8,11,15,24H,9-10,12H2,1-6H3,(H,22,27). The van der Waals surface area contributed by atoms with Crippen LogP contribution in [-0.2, 0) is 25.5 Å². The van der Waals surface area contributed by atoms with Crippen molar-refractivity contribution in [2.24, 2.45) is 0 Å². The Labute approximate surface area is 171 Å². The van der Waals surface area contributed by atoms with Gasteiger partial charge in [0.1, 0.15) is 23.0 Å². The summed E-state index contributed by atoms with van der Waals surface area (Å²) < 4.78 is 10.6. The van der Waals surface area contributed by atoms with Crippen LogP contribution < -0.4 is 10.2 Å². The number of benzene rings is 1. The lowest BCUT2D eigenvalue weighted by atomic mass is 10.1. The number of fused-ring (bicyclic) bond motifs is 1. The molecule has 0 saturated heterocycles. The Morgan fingerprint density at radius 3 is 2.31 bits per heavy atom. The number of carbonyl (C=O) groups is 3. The number of amides is 2. The Kier molecular flexibility index (Phi) is 6.45. The van der Waals surface area contributed by atoms with Crippen LogP contribution in [0.2, 0.25) is 0 Å². The number of phenols is 1. The van der Waals surface area contributed by atoms with Crippen LogP contribution in [0.15, 0.2) is 18.2 Å². The van der Waals surface area contributed by atoms with Crippen LogP contribution >= 0.6 is 0 Å². The summed E-state index contributed by atoms with van der Waals surface area (Å²) >= 11 is 0. The minimum absolute atomic E-state index is 0.135. The van der Waals surface area contributed by atoms with E-state index in [4.69, 9.17) is 9.47 Å². The molecule has 0 aliphatic carbocycles. The molecule has 2 amide bonds. The fourth-order valence-corrected chi connectivity index (χ4v) is 2.95. The topological polar surface area (TPSA) is 105 Å². The van der Waals surface area contributed by atoms with Gasteiger partial charge in [0, 0.05) is 12.2 Å². The Morgan fingerprint density at radius 2 is 1.72 bits per heavy atom. The van der Waals surface area contributed by atoms with E-state index in [1.807, 2.05) is 0 Å². The summed E-state index contributed by atoms with van der Waals surface area (Å²) in [5.41, 5.74) is 0.0223. The smallest absolute Gasteiger partial charge is 0.408 e. The molecule has 160 valence electrons. The van der Waals surface area contributed by atoms with E-state index in [0.29, 0.717) is 18.7 Å². The lowest BCUT2D eigenvalue weighted by molar-refractivity contribution is -0.158. The molecule has 0 saturated carbocycles. The first-order valence-corrected chi connectivity index (χ1v) is 9.60. The average molecular weight is 406 g/mol. The van der Waals surface area contributed by atoms with Gasteiger partial charge in [-0.15, -0.1) is 0 Å². The predicted molar refractivity (Wildman–Crippen MR) is 108 cm³/mol. The first kappa shape index (κ1) is 22.5. The number of nitrogens with zero attached hydrogens (tertiary/aromatic N) is 1. The molecule has 0 aromatic heterocycles. The van der Waals surface area contributed by atoms with Crippen molar-refractivity contribution in [2.75, 3.05) is 11.4 Å². The van der Waals surface area contributed by atoms with Gasteiger partial charge in [0.2, 0.25) is 5.91 Å². The van der Waals surface area contributed by atoms with Gasteiger partial charge in [-0.3, -0.25) is 4.79 Å². The van der Waals surface area contributed by atoms with Crippen molar-refractivity contribution in [3.63, 3.8) is 0 Å². The number of aromatic hydroxyl groups is 1. The van der Waals surface area contributed by atoms with E-state index < -0.39 is 29.3 Å². The third-order valence-electron chi connectivity index (χ3n) is 4.02. The van der Waals surface area contributed by atoms with E-state index in [1.54, 1.807) is 58.6 Å². The van der Waals surface area contributed by atoms with Crippen molar-refractivity contribution in [1.82, 2.24) is 5.32 Å². The Bertz CT molecular complexity index is 791. The normalized spacial score (nSPS) is 14.8. The van der Waals surface area contributed by atoms with E-state index in [-0.39, 0.29) is 18.1 Å². The molecule has 2 rings (SSSR count). The number of hydrogen-bond acceptors (Lipinski definition) is 6. The lowest BCUT2D eigenvalue weighted by Gasteiger charge is -2.27. The highest BCUT2D eigenvalue weighted by Crippen LogP contribution is 2.31. The van der Waals surface area contributed by atoms with Crippen LogP contribution in [0.25, 0.3) is 0 Å². The molecule has 1 aliphatic heterocycles. The first-order chi connectivity index (χ1) is 13.2. The molecule has 2 N–H and O–H groups in total. The third-order valence-corrected chi connectivity index (χ3v) is 4.02. The zero-order chi connectivity index (χ0) is 22.0. The number of ether oxygens (including phenoxy) is 2. The summed E-state index contributed by atoms with van der Waals surface area (Å²) in [5.74, 6) is -0.903. The number of rotatable bonds is 4. The van der Waals surface area contributed by atoms with Crippen LogP contribution in [0, 0.1) is 0 Å². The first-order valence-electron chi connectivity index (χ1n) is 9.60. The van der Waals surface area contributed by atoms with E-state index in [1.165, 1.54) is 6.07 Å². The van der Waals surface area contributed by atoms with Crippen LogP contribution in [0.5, 0.6) is 5.75 Å². The van der Waals surface area contributed by atoms with Crippen molar-refractivity contribution in [1.29, 1.82) is 0 Å². The number of carbonyl (C=O) groups excluding carboxylic acids is 3. The minimum atomic E-state index is -1.18. The number of phenolic OH excluding ortho intramolecular Hbond substituents is 1. The van der Waals surface area contributed by atoms with E-state index in [9.17, 15) is 19.5 Å². The number of hydrogen-bond donors (Lipinski definition) is 2. The lowest BCUT2D eigenvalue weighted by Crippen LogP contribution is -2.48. The predicted octanol–water partition coefficient (Wildman–Crippen LogP) is 2.91. The van der Waals surface area contributed by atoms with Gasteiger partial charge < -0.3 is 24.8 Å². The molecular weight excluding hydrogens is 376 g/mol. The van der Waals surface area contributed by atoms with Crippen LogP contribution in [0.3, 0.4) is 0 Å². The number of anilines is 1. The second kappa shape index (κ2) is 8.31. The van der Waals surface area contributed by atoms with Crippen molar-refractivity contribution >= 4 is 23.7 Å². The monoisotopic (exact) mass is 406 g/mol. The van der Waals surface area contributed by atoms with Crippen molar-refractivity contribution in [3.05, 3.63) is 23.8 Å². The van der Waals surface area contributed by atoms with Gasteiger partial charge >= 0.3 is 12.1 Å². The molecular formula is C21H30N2O6. The average Bonchev–Trinajstić information content (AvgIpc) is 2.93. The minimum Gasteiger partial charge on any atom is -0.508 e. The fraction of sp³-hybridized carbons (Fsp3) is 0.571. The highest BCUT2D eigenvalue weighted by atomic mass is 16.6. The number of nitrogens with one attached hydrogen (secondary N) is 1. The molecule has 0 fully saturated rings. The van der Waals surface area contributed by atoms with Gasteiger partial charge in [-0.25, -0.2) is 9.59 Å². The molecule has 1 aliphatic rings. The molecule has 8 heteroatoms. The summed E-state index contributed by atoms with van der Waals surface area (Å²) in [4.78, 5) is 39.2. The molecule has 1 aromatic carbocycles. The highest BCUT2D eigenvalue weighted by molar-refractivity contribution is 5.98. The zero-order valence-electron chi connectivity index (χ0n) is 17.9. The molecule has 0 bridgehead atoms. The van der Waals surface area contributed by atoms with Crippen LogP contribution in [0.1, 0.15) is 53.5 Å². The fourth-order valence-electron chi connectivity index (χ4n) is 2.95. The summed E-state index contributed by atoms with van der Waals surface area (Å²) in [6, 6.07) is 3.61. The highest BCUT2D eigenvalue weighted by Gasteiger charge is 2.33. The summed E-state index contributed by atoms with van der Waals surface area (Å²) in [5, 5.41) is 12.1. The van der Waals surface area contributed by atoms with E-state index in [0.717, 1.165) is 5.56 Å². The summed E-state index contributed by atoms with van der Waals surface area (Å²) in [7, 11) is 0. The van der Waals surface area contributed by atoms with Gasteiger partial charge in [0.05, 0.1) is 6.42 Å². The Hall–Kier alpha value is -2.77. The van der Waals surface area contributed by atoms with Gasteiger partial charge in [0.15, 0.2) is 0 Å². The van der Waals surface area contributed by atoms with Gasteiger partial charge in [-0.1, -0.05) is 0 Å². The van der Waals surface area contributed by atoms with Gasteiger partial charge in [0.25, 0.3) is 0 Å². The van der Waals surface area contributed by atoms with E-state index >= 15 is 0 Å². The Balaban J connectivity index is 2.15. The SMILES string of the molecule is CC(C)(C)OC(=O)NC(CC(=O)N1CCc2cc(O)ccc21)C(=O)OC(C)(C)C. The second-order valence-corrected chi connectivity index (χ2v) is 9.04. The molecule has 8 nitrogen and oxygen atoms in total. The maximum Gasteiger partial charge on any atom is 0.408 e.